The van der Waals surface area contributed by atoms with Gasteiger partial charge in [-0.2, -0.15) is 0 Å². The Hall–Kier alpha value is -0.960. The number of nitrogens with zero attached hydrogens (tertiary/aromatic N) is 1. The summed E-state index contributed by atoms with van der Waals surface area (Å²) in [6.45, 7) is 10.5. The fraction of sp³-hybridized carbons (Fsp3) is 0.625. The average molecular weight is 301 g/mol. The first-order valence-corrected chi connectivity index (χ1v) is 7.68. The van der Waals surface area contributed by atoms with E-state index in [-0.39, 0.29) is 5.02 Å². The first-order chi connectivity index (χ1) is 9.31. The van der Waals surface area contributed by atoms with Gasteiger partial charge in [-0.1, -0.05) is 39.3 Å². The van der Waals surface area contributed by atoms with Crippen molar-refractivity contribution >= 4 is 23.0 Å². The van der Waals surface area contributed by atoms with Crippen molar-refractivity contribution in [3.63, 3.8) is 0 Å². The van der Waals surface area contributed by atoms with Gasteiger partial charge >= 0.3 is 0 Å². The third-order valence-electron chi connectivity index (χ3n) is 3.36. The van der Waals surface area contributed by atoms with Gasteiger partial charge in [-0.05, 0) is 30.7 Å². The van der Waals surface area contributed by atoms with E-state index in [0.717, 1.165) is 31.6 Å². The zero-order chi connectivity index (χ0) is 15.3. The molecule has 0 aromatic heterocycles. The second kappa shape index (κ2) is 7.72. The first kappa shape index (κ1) is 17.1. The van der Waals surface area contributed by atoms with E-state index in [0.29, 0.717) is 17.5 Å². The van der Waals surface area contributed by atoms with Crippen LogP contribution in [0.5, 0.6) is 0 Å². The maximum Gasteiger partial charge on any atom is 0.144 e. The van der Waals surface area contributed by atoms with Gasteiger partial charge in [-0.3, -0.25) is 0 Å². The summed E-state index contributed by atoms with van der Waals surface area (Å²) in [4.78, 5) is 2.18. The summed E-state index contributed by atoms with van der Waals surface area (Å²) in [6, 6.07) is 2.96. The minimum Gasteiger partial charge on any atom is -0.397 e. The Balaban J connectivity index is 2.93. The van der Waals surface area contributed by atoms with Crippen molar-refractivity contribution in [2.75, 3.05) is 23.7 Å². The summed E-state index contributed by atoms with van der Waals surface area (Å²) in [6.07, 6.45) is 2.11. The molecule has 0 unspecified atom stereocenters. The maximum absolute atomic E-state index is 13.7. The number of hydrogen-bond acceptors (Lipinski definition) is 2. The molecule has 0 fully saturated rings. The van der Waals surface area contributed by atoms with Crippen molar-refractivity contribution in [2.24, 2.45) is 11.8 Å². The van der Waals surface area contributed by atoms with Crippen LogP contribution in [-0.2, 0) is 0 Å². The third kappa shape index (κ3) is 5.20. The van der Waals surface area contributed by atoms with E-state index < -0.39 is 5.82 Å². The maximum atomic E-state index is 13.7. The summed E-state index contributed by atoms with van der Waals surface area (Å²) >= 11 is 5.77. The van der Waals surface area contributed by atoms with E-state index in [1.165, 1.54) is 12.1 Å². The lowest BCUT2D eigenvalue weighted by atomic mass is 10.1. The van der Waals surface area contributed by atoms with Crippen LogP contribution in [0.3, 0.4) is 0 Å². The molecule has 0 amide bonds. The van der Waals surface area contributed by atoms with E-state index in [2.05, 4.69) is 32.6 Å². The Morgan fingerprint density at radius 2 is 1.60 bits per heavy atom. The molecule has 1 aromatic carbocycles. The molecule has 0 saturated heterocycles. The molecule has 0 radical (unpaired) electrons. The van der Waals surface area contributed by atoms with Crippen molar-refractivity contribution in [3.05, 3.63) is 23.0 Å². The number of hydrogen-bond donors (Lipinski definition) is 1. The lowest BCUT2D eigenvalue weighted by Crippen LogP contribution is -2.28. The molecule has 2 N–H and O–H groups in total. The SMILES string of the molecule is CC(C)CCN(CCC(C)C)c1cc(F)c(Cl)cc1N. The third-order valence-corrected chi connectivity index (χ3v) is 3.65. The molecule has 1 aromatic rings. The highest BCUT2D eigenvalue weighted by atomic mass is 35.5. The average Bonchev–Trinajstić information content (AvgIpc) is 2.34. The molecule has 2 nitrogen and oxygen atoms in total. The van der Waals surface area contributed by atoms with Gasteiger partial charge in [0.15, 0.2) is 0 Å². The van der Waals surface area contributed by atoms with Gasteiger partial charge in [0.1, 0.15) is 5.82 Å². The quantitative estimate of drug-likeness (QED) is 0.721. The van der Waals surface area contributed by atoms with Crippen molar-refractivity contribution in [2.45, 2.75) is 40.5 Å². The van der Waals surface area contributed by atoms with Crippen LogP contribution in [0.1, 0.15) is 40.5 Å². The number of anilines is 2. The van der Waals surface area contributed by atoms with Crippen LogP contribution in [0, 0.1) is 17.7 Å². The van der Waals surface area contributed by atoms with Crippen LogP contribution in [0.2, 0.25) is 5.02 Å². The number of benzene rings is 1. The Bertz CT molecular complexity index is 421. The zero-order valence-corrected chi connectivity index (χ0v) is 13.7. The highest BCUT2D eigenvalue weighted by molar-refractivity contribution is 6.31. The largest absolute Gasteiger partial charge is 0.397 e. The summed E-state index contributed by atoms with van der Waals surface area (Å²) < 4.78 is 13.7. The van der Waals surface area contributed by atoms with Crippen molar-refractivity contribution in [3.8, 4) is 0 Å². The molecular weight excluding hydrogens is 275 g/mol. The Labute approximate surface area is 127 Å². The van der Waals surface area contributed by atoms with Crippen LogP contribution in [0.15, 0.2) is 12.1 Å². The molecule has 4 heteroatoms. The summed E-state index contributed by atoms with van der Waals surface area (Å²) in [5.41, 5.74) is 7.31. The number of nitrogen functional groups attached to an aromatic ring is 1. The molecule has 0 aliphatic carbocycles. The van der Waals surface area contributed by atoms with Gasteiger partial charge in [0.25, 0.3) is 0 Å². The molecule has 0 bridgehead atoms. The normalized spacial score (nSPS) is 11.4. The molecular formula is C16H26ClFN2. The van der Waals surface area contributed by atoms with Gasteiger partial charge < -0.3 is 10.6 Å². The van der Waals surface area contributed by atoms with Crippen molar-refractivity contribution < 1.29 is 4.39 Å². The van der Waals surface area contributed by atoms with Crippen LogP contribution in [-0.4, -0.2) is 13.1 Å². The lowest BCUT2D eigenvalue weighted by Gasteiger charge is -2.28. The van der Waals surface area contributed by atoms with Crippen LogP contribution < -0.4 is 10.6 Å². The van der Waals surface area contributed by atoms with E-state index in [1.807, 2.05) is 0 Å². The molecule has 20 heavy (non-hydrogen) atoms. The number of rotatable bonds is 7. The van der Waals surface area contributed by atoms with E-state index in [9.17, 15) is 4.39 Å². The smallest absolute Gasteiger partial charge is 0.144 e. The van der Waals surface area contributed by atoms with Gasteiger partial charge in [-0.25, -0.2) is 4.39 Å². The van der Waals surface area contributed by atoms with Crippen molar-refractivity contribution in [1.29, 1.82) is 0 Å². The number of halogens is 2. The second-order valence-corrected chi connectivity index (χ2v) is 6.58. The first-order valence-electron chi connectivity index (χ1n) is 7.30. The monoisotopic (exact) mass is 300 g/mol. The van der Waals surface area contributed by atoms with Crippen LogP contribution in [0.25, 0.3) is 0 Å². The fourth-order valence-corrected chi connectivity index (χ4v) is 2.18. The number of nitrogens with two attached hydrogens (primary N) is 1. The predicted molar refractivity (Wildman–Crippen MR) is 86.9 cm³/mol. The topological polar surface area (TPSA) is 29.3 Å². The van der Waals surface area contributed by atoms with Crippen LogP contribution >= 0.6 is 11.6 Å². The van der Waals surface area contributed by atoms with E-state index in [4.69, 9.17) is 17.3 Å². The fourth-order valence-electron chi connectivity index (χ4n) is 2.01. The van der Waals surface area contributed by atoms with Crippen LogP contribution in [0.4, 0.5) is 15.8 Å². The molecule has 0 atom stereocenters. The Morgan fingerprint density at radius 1 is 1.10 bits per heavy atom. The molecule has 0 saturated carbocycles. The predicted octanol–water partition coefficient (Wildman–Crippen LogP) is 4.96. The van der Waals surface area contributed by atoms with E-state index >= 15 is 0 Å². The van der Waals surface area contributed by atoms with Gasteiger partial charge in [0.05, 0.1) is 16.4 Å². The molecule has 0 aliphatic rings. The molecule has 0 spiro atoms. The summed E-state index contributed by atoms with van der Waals surface area (Å²) in [5, 5.41) is 0.0823. The highest BCUT2D eigenvalue weighted by Crippen LogP contribution is 2.30. The molecule has 1 rings (SSSR count). The lowest BCUT2D eigenvalue weighted by molar-refractivity contribution is 0.534. The zero-order valence-electron chi connectivity index (χ0n) is 12.9. The summed E-state index contributed by atoms with van der Waals surface area (Å²) in [5.74, 6) is 0.805. The second-order valence-electron chi connectivity index (χ2n) is 6.18. The minimum atomic E-state index is -0.407. The highest BCUT2D eigenvalue weighted by Gasteiger charge is 2.14. The van der Waals surface area contributed by atoms with E-state index in [1.54, 1.807) is 0 Å². The Morgan fingerprint density at radius 3 is 2.05 bits per heavy atom. The van der Waals surface area contributed by atoms with Gasteiger partial charge in [0.2, 0.25) is 0 Å². The molecule has 0 heterocycles. The summed E-state index contributed by atoms with van der Waals surface area (Å²) in [7, 11) is 0. The minimum absolute atomic E-state index is 0.0823. The standard InChI is InChI=1S/C16H26ClFN2/c1-11(2)5-7-20(8-6-12(3)4)16-10-14(18)13(17)9-15(16)19/h9-12H,5-8,19H2,1-4H3. The van der Waals surface area contributed by atoms with Gasteiger partial charge in [0, 0.05) is 19.2 Å². The molecule has 114 valence electrons. The Kier molecular flexibility index (Phi) is 6.60. The molecule has 0 aliphatic heterocycles. The van der Waals surface area contributed by atoms with Gasteiger partial charge in [-0.15, -0.1) is 0 Å². The van der Waals surface area contributed by atoms with Crippen molar-refractivity contribution in [1.82, 2.24) is 0 Å².